The number of benzene rings is 1. The minimum Gasteiger partial charge on any atom is -0.321 e. The van der Waals surface area contributed by atoms with Gasteiger partial charge < -0.3 is 4.57 Å². The molecule has 25 heavy (non-hydrogen) atoms. The number of aromatic nitrogens is 3. The molecule has 0 amide bonds. The van der Waals surface area contributed by atoms with Crippen molar-refractivity contribution in [2.45, 2.75) is 32.2 Å². The van der Waals surface area contributed by atoms with E-state index in [0.29, 0.717) is 17.0 Å². The van der Waals surface area contributed by atoms with Gasteiger partial charge in [-0.2, -0.15) is 0 Å². The molecule has 0 saturated heterocycles. The summed E-state index contributed by atoms with van der Waals surface area (Å²) in [6.45, 7) is 6.70. The smallest absolute Gasteiger partial charge is 0.184 e. The van der Waals surface area contributed by atoms with E-state index in [1.165, 1.54) is 12.3 Å². The van der Waals surface area contributed by atoms with E-state index in [1.807, 2.05) is 4.57 Å². The topological polar surface area (TPSA) is 30.7 Å². The number of hydrogen-bond donors (Lipinski definition) is 0. The van der Waals surface area contributed by atoms with Crippen molar-refractivity contribution in [1.82, 2.24) is 14.5 Å². The zero-order valence-electron chi connectivity index (χ0n) is 14.1. The molecule has 132 valence electrons. The fourth-order valence-electron chi connectivity index (χ4n) is 2.68. The van der Waals surface area contributed by atoms with Gasteiger partial charge in [0.25, 0.3) is 0 Å². The fraction of sp³-hybridized carbons (Fsp3) is 0.294. The van der Waals surface area contributed by atoms with E-state index in [-0.39, 0.29) is 10.7 Å². The largest absolute Gasteiger partial charge is 0.321 e. The molecule has 2 heterocycles. The predicted molar refractivity (Wildman–Crippen MR) is 100 cm³/mol. The van der Waals surface area contributed by atoms with Gasteiger partial charge in [-0.1, -0.05) is 42.8 Å². The lowest BCUT2D eigenvalue weighted by Gasteiger charge is -2.19. The van der Waals surface area contributed by atoms with Crippen LogP contribution in [0.25, 0.3) is 10.9 Å². The van der Waals surface area contributed by atoms with Gasteiger partial charge >= 0.3 is 0 Å². The van der Waals surface area contributed by atoms with Gasteiger partial charge in [0.05, 0.1) is 8.07 Å². The van der Waals surface area contributed by atoms with Gasteiger partial charge in [-0.15, -0.1) is 0 Å². The molecule has 0 atom stereocenters. The minimum absolute atomic E-state index is 0.0188. The molecule has 0 aliphatic rings. The predicted octanol–water partition coefficient (Wildman–Crippen LogP) is 5.48. The van der Waals surface area contributed by atoms with Crippen LogP contribution in [0.4, 0.5) is 8.78 Å². The third kappa shape index (κ3) is 3.86. The van der Waals surface area contributed by atoms with Gasteiger partial charge in [0, 0.05) is 24.2 Å². The Bertz CT molecular complexity index is 951. The van der Waals surface area contributed by atoms with E-state index in [4.69, 9.17) is 23.2 Å². The number of hydrogen-bond acceptors (Lipinski definition) is 2. The van der Waals surface area contributed by atoms with Crippen molar-refractivity contribution in [3.8, 4) is 0 Å². The zero-order chi connectivity index (χ0) is 18.4. The van der Waals surface area contributed by atoms with E-state index in [1.54, 1.807) is 6.07 Å². The normalized spacial score (nSPS) is 12.1. The molecular formula is C17H17Cl2F2N3Si. The van der Waals surface area contributed by atoms with Crippen LogP contribution in [-0.2, 0) is 12.6 Å². The van der Waals surface area contributed by atoms with Crippen LogP contribution in [0, 0.1) is 11.6 Å². The number of halogens is 4. The lowest BCUT2D eigenvalue weighted by atomic mass is 10.1. The van der Waals surface area contributed by atoms with Gasteiger partial charge in [-0.3, -0.25) is 4.98 Å². The number of nitrogens with zero attached hydrogens (tertiary/aromatic N) is 3. The Hall–Kier alpha value is -1.50. The summed E-state index contributed by atoms with van der Waals surface area (Å²) in [5.74, 6) is -1.10. The molecule has 0 radical (unpaired) electrons. The Morgan fingerprint density at radius 2 is 1.88 bits per heavy atom. The number of pyridine rings is 1. The lowest BCUT2D eigenvalue weighted by Crippen LogP contribution is -2.29. The van der Waals surface area contributed by atoms with Crippen molar-refractivity contribution in [1.29, 1.82) is 0 Å². The van der Waals surface area contributed by atoms with Crippen molar-refractivity contribution < 1.29 is 8.78 Å². The maximum atomic E-state index is 13.8. The Morgan fingerprint density at radius 3 is 2.56 bits per heavy atom. The highest BCUT2D eigenvalue weighted by molar-refractivity contribution is 6.75. The average molecular weight is 400 g/mol. The highest BCUT2D eigenvalue weighted by Crippen LogP contribution is 2.27. The molecule has 3 aromatic rings. The molecule has 1 aromatic carbocycles. The van der Waals surface area contributed by atoms with E-state index in [2.05, 4.69) is 29.6 Å². The molecule has 2 aromatic heterocycles. The van der Waals surface area contributed by atoms with Gasteiger partial charge in [0.2, 0.25) is 0 Å². The van der Waals surface area contributed by atoms with Gasteiger partial charge in [0.15, 0.2) is 16.8 Å². The Balaban J connectivity index is 1.99. The van der Waals surface area contributed by atoms with E-state index < -0.39 is 19.7 Å². The summed E-state index contributed by atoms with van der Waals surface area (Å²) in [5, 5.41) is 1.25. The highest BCUT2D eigenvalue weighted by Gasteiger charge is 2.21. The molecule has 0 aliphatic carbocycles. The Kier molecular flexibility index (Phi) is 4.88. The molecule has 0 saturated carbocycles. The van der Waals surface area contributed by atoms with Crippen LogP contribution >= 0.6 is 23.2 Å². The summed E-state index contributed by atoms with van der Waals surface area (Å²) in [5.41, 5.74) is 0.846. The summed E-state index contributed by atoms with van der Waals surface area (Å²) in [7, 11) is -1.45. The second-order valence-corrected chi connectivity index (χ2v) is 13.4. The summed E-state index contributed by atoms with van der Waals surface area (Å²) in [6.07, 6.45) is 2.78. The molecule has 0 spiro atoms. The summed E-state index contributed by atoms with van der Waals surface area (Å²) in [6, 6.07) is 4.39. The Morgan fingerprint density at radius 1 is 1.16 bits per heavy atom. The molecular weight excluding hydrogens is 383 g/mol. The second-order valence-electron chi connectivity index (χ2n) is 7.21. The molecule has 0 aliphatic heterocycles. The van der Waals surface area contributed by atoms with Crippen molar-refractivity contribution >= 4 is 42.2 Å². The number of rotatable bonds is 4. The number of fused-ring (bicyclic) bond motifs is 1. The Labute approximate surface area is 155 Å². The third-order valence-electron chi connectivity index (χ3n) is 3.74. The van der Waals surface area contributed by atoms with Gasteiger partial charge in [0.1, 0.15) is 16.5 Å². The first-order valence-corrected chi connectivity index (χ1v) is 12.2. The van der Waals surface area contributed by atoms with Crippen LogP contribution < -0.4 is 0 Å². The summed E-state index contributed by atoms with van der Waals surface area (Å²) >= 11 is 12.4. The van der Waals surface area contributed by atoms with E-state index in [0.717, 1.165) is 23.6 Å². The second kappa shape index (κ2) is 6.66. The average Bonchev–Trinajstić information content (AvgIpc) is 2.77. The van der Waals surface area contributed by atoms with Crippen LogP contribution in [0.5, 0.6) is 0 Å². The lowest BCUT2D eigenvalue weighted by molar-refractivity contribution is 0.515. The monoisotopic (exact) mass is 399 g/mol. The molecule has 8 heteroatoms. The maximum Gasteiger partial charge on any atom is 0.184 e. The van der Waals surface area contributed by atoms with E-state index in [9.17, 15) is 8.78 Å². The van der Waals surface area contributed by atoms with Crippen LogP contribution in [0.2, 0.25) is 29.9 Å². The highest BCUT2D eigenvalue weighted by atomic mass is 35.5. The molecule has 0 fully saturated rings. The fourth-order valence-corrected chi connectivity index (χ4v) is 4.47. The standard InChI is InChI=1S/C17H17Cl2F2N3Si/c1-25(2,3)9-24-13(23-16(18)17(24)19)7-10-6-11-4-5-12(20)14(21)15(11)22-8-10/h4-6,8H,7,9H2,1-3H3. The van der Waals surface area contributed by atoms with Crippen LogP contribution in [-0.4, -0.2) is 22.6 Å². The first-order chi connectivity index (χ1) is 11.7. The van der Waals surface area contributed by atoms with Crippen molar-refractivity contribution in [2.24, 2.45) is 0 Å². The zero-order valence-corrected chi connectivity index (χ0v) is 16.6. The van der Waals surface area contributed by atoms with Gasteiger partial charge in [-0.05, 0) is 23.8 Å². The number of imidazole rings is 1. The maximum absolute atomic E-state index is 13.8. The van der Waals surface area contributed by atoms with Crippen molar-refractivity contribution in [3.63, 3.8) is 0 Å². The minimum atomic E-state index is -1.45. The van der Waals surface area contributed by atoms with E-state index >= 15 is 0 Å². The molecule has 0 N–H and O–H groups in total. The molecule has 3 nitrogen and oxygen atoms in total. The van der Waals surface area contributed by atoms with Crippen molar-refractivity contribution in [2.75, 3.05) is 0 Å². The van der Waals surface area contributed by atoms with Crippen LogP contribution in [0.15, 0.2) is 24.4 Å². The van der Waals surface area contributed by atoms with Crippen LogP contribution in [0.3, 0.4) is 0 Å². The first-order valence-electron chi connectivity index (χ1n) is 7.79. The van der Waals surface area contributed by atoms with Crippen LogP contribution in [0.1, 0.15) is 11.4 Å². The summed E-state index contributed by atoms with van der Waals surface area (Å²) < 4.78 is 29.0. The third-order valence-corrected chi connectivity index (χ3v) is 5.75. The molecule has 0 bridgehead atoms. The van der Waals surface area contributed by atoms with Crippen molar-refractivity contribution in [3.05, 3.63) is 57.7 Å². The SMILES string of the molecule is C[Si](C)(C)Cn1c(Cc2cnc3c(F)c(F)ccc3c2)nc(Cl)c1Cl. The van der Waals surface area contributed by atoms with Gasteiger partial charge in [-0.25, -0.2) is 13.8 Å². The summed E-state index contributed by atoms with van der Waals surface area (Å²) in [4.78, 5) is 8.42. The molecule has 3 rings (SSSR count). The molecule has 0 unspecified atom stereocenters. The first kappa shape index (κ1) is 18.3. The quantitative estimate of drug-likeness (QED) is 0.543.